The molecule has 2 fully saturated rings. The Morgan fingerprint density at radius 3 is 2.32 bits per heavy atom. The average molecular weight is 254 g/mol. The molecule has 0 aliphatic heterocycles. The summed E-state index contributed by atoms with van der Waals surface area (Å²) in [6, 6.07) is 10.5. The minimum absolute atomic E-state index is 0.0874. The molecular formula is C18H22O. The van der Waals surface area contributed by atoms with E-state index in [0.29, 0.717) is 11.7 Å². The number of allylic oxidation sites excluding steroid dienone is 1. The molecule has 1 nitrogen and oxygen atoms in total. The Labute approximate surface area is 115 Å². The average Bonchev–Trinajstić information content (AvgIpc) is 2.63. The van der Waals surface area contributed by atoms with E-state index >= 15 is 0 Å². The zero-order chi connectivity index (χ0) is 13.8. The first kappa shape index (κ1) is 12.7. The van der Waals surface area contributed by atoms with Crippen molar-refractivity contribution in [2.45, 2.75) is 34.1 Å². The molecule has 0 saturated heterocycles. The van der Waals surface area contributed by atoms with Crippen molar-refractivity contribution in [3.63, 3.8) is 0 Å². The molecule has 0 spiro atoms. The first-order valence-corrected chi connectivity index (χ1v) is 7.18. The summed E-state index contributed by atoms with van der Waals surface area (Å²) in [7, 11) is 0. The summed E-state index contributed by atoms with van der Waals surface area (Å²) in [6.45, 7) is 8.81. The van der Waals surface area contributed by atoms with Gasteiger partial charge >= 0.3 is 0 Å². The lowest BCUT2D eigenvalue weighted by atomic mass is 9.70. The van der Waals surface area contributed by atoms with Crippen molar-refractivity contribution in [3.05, 3.63) is 41.5 Å². The largest absolute Gasteiger partial charge is 0.299 e. The standard InChI is InChI=1S/C18H22O/c1-12-15-14(10-13-8-6-5-7-9-13)11-18(4,16(12)19)17(15,2)3/h5-10,12,15H,11H2,1-4H3. The van der Waals surface area contributed by atoms with Crippen molar-refractivity contribution in [3.8, 4) is 0 Å². The van der Waals surface area contributed by atoms with Gasteiger partial charge in [0.2, 0.25) is 0 Å². The Bertz CT molecular complexity index is 552. The van der Waals surface area contributed by atoms with Crippen LogP contribution in [0.25, 0.3) is 6.08 Å². The zero-order valence-electron chi connectivity index (χ0n) is 12.2. The molecule has 0 N–H and O–H groups in total. The second kappa shape index (κ2) is 3.82. The van der Waals surface area contributed by atoms with Gasteiger partial charge in [-0.3, -0.25) is 4.79 Å². The number of carbonyl (C=O) groups excluding carboxylic acids is 1. The number of Topliss-reactive ketones (excluding diaryl/α,β-unsaturated/α-hetero) is 1. The highest BCUT2D eigenvalue weighted by Crippen LogP contribution is 2.67. The van der Waals surface area contributed by atoms with Crippen LogP contribution in [0.4, 0.5) is 0 Å². The number of ketones is 1. The minimum Gasteiger partial charge on any atom is -0.299 e. The fourth-order valence-electron chi connectivity index (χ4n) is 4.46. The maximum Gasteiger partial charge on any atom is 0.143 e. The Hall–Kier alpha value is -1.37. The van der Waals surface area contributed by atoms with E-state index in [-0.39, 0.29) is 16.7 Å². The lowest BCUT2D eigenvalue weighted by Gasteiger charge is -2.31. The van der Waals surface area contributed by atoms with Gasteiger partial charge in [0, 0.05) is 11.3 Å². The van der Waals surface area contributed by atoms with Gasteiger partial charge < -0.3 is 0 Å². The minimum atomic E-state index is -0.169. The Morgan fingerprint density at radius 2 is 1.79 bits per heavy atom. The van der Waals surface area contributed by atoms with Crippen molar-refractivity contribution >= 4 is 11.9 Å². The molecule has 2 saturated carbocycles. The van der Waals surface area contributed by atoms with Crippen molar-refractivity contribution < 1.29 is 4.79 Å². The van der Waals surface area contributed by atoms with Gasteiger partial charge in [-0.1, -0.05) is 69.7 Å². The smallest absolute Gasteiger partial charge is 0.143 e. The molecule has 2 bridgehead atoms. The number of carbonyl (C=O) groups is 1. The van der Waals surface area contributed by atoms with Crippen LogP contribution in [0.2, 0.25) is 0 Å². The molecule has 1 aromatic rings. The molecule has 2 aliphatic rings. The van der Waals surface area contributed by atoms with Gasteiger partial charge in [0.05, 0.1) is 0 Å². The topological polar surface area (TPSA) is 17.1 Å². The quantitative estimate of drug-likeness (QED) is 0.728. The summed E-state index contributed by atoms with van der Waals surface area (Å²) >= 11 is 0. The second-order valence-electron chi connectivity index (χ2n) is 6.99. The Balaban J connectivity index is 2.06. The molecule has 100 valence electrons. The fraction of sp³-hybridized carbons (Fsp3) is 0.500. The summed E-state index contributed by atoms with van der Waals surface area (Å²) in [5.41, 5.74) is 2.64. The van der Waals surface area contributed by atoms with Gasteiger partial charge in [0.15, 0.2) is 0 Å². The van der Waals surface area contributed by atoms with E-state index in [0.717, 1.165) is 6.42 Å². The predicted molar refractivity (Wildman–Crippen MR) is 78.6 cm³/mol. The van der Waals surface area contributed by atoms with Gasteiger partial charge in [-0.25, -0.2) is 0 Å². The predicted octanol–water partition coefficient (Wildman–Crippen LogP) is 4.34. The zero-order valence-corrected chi connectivity index (χ0v) is 12.2. The summed E-state index contributed by atoms with van der Waals surface area (Å²) in [4.78, 5) is 12.5. The summed E-state index contributed by atoms with van der Waals surface area (Å²) in [5.74, 6) is 1.04. The molecule has 0 amide bonds. The van der Waals surface area contributed by atoms with Crippen LogP contribution in [0.3, 0.4) is 0 Å². The fourth-order valence-corrected chi connectivity index (χ4v) is 4.46. The Kier molecular flexibility index (Phi) is 2.54. The number of hydrogen-bond acceptors (Lipinski definition) is 1. The first-order valence-electron chi connectivity index (χ1n) is 7.18. The normalized spacial score (nSPS) is 38.1. The molecule has 3 rings (SSSR count). The molecule has 2 aliphatic carbocycles. The van der Waals surface area contributed by atoms with Gasteiger partial charge in [0.1, 0.15) is 5.78 Å². The number of hydrogen-bond donors (Lipinski definition) is 0. The van der Waals surface area contributed by atoms with E-state index in [2.05, 4.69) is 58.0 Å². The van der Waals surface area contributed by atoms with E-state index in [1.54, 1.807) is 0 Å². The SMILES string of the molecule is CC1C(=O)C2(C)CC(=Cc3ccccc3)C1C2(C)C. The van der Waals surface area contributed by atoms with E-state index in [1.807, 2.05) is 6.07 Å². The van der Waals surface area contributed by atoms with Crippen molar-refractivity contribution in [1.82, 2.24) is 0 Å². The molecule has 0 heterocycles. The van der Waals surface area contributed by atoms with Crippen LogP contribution in [0.1, 0.15) is 39.7 Å². The molecule has 1 aromatic carbocycles. The maximum atomic E-state index is 12.5. The summed E-state index contributed by atoms with van der Waals surface area (Å²) in [6.07, 6.45) is 3.24. The van der Waals surface area contributed by atoms with Gasteiger partial charge in [-0.15, -0.1) is 0 Å². The van der Waals surface area contributed by atoms with Crippen LogP contribution in [-0.4, -0.2) is 5.78 Å². The second-order valence-corrected chi connectivity index (χ2v) is 6.99. The van der Waals surface area contributed by atoms with E-state index in [4.69, 9.17) is 0 Å². The van der Waals surface area contributed by atoms with Crippen molar-refractivity contribution in [1.29, 1.82) is 0 Å². The number of benzene rings is 1. The van der Waals surface area contributed by atoms with Crippen molar-refractivity contribution in [2.24, 2.45) is 22.7 Å². The summed E-state index contributed by atoms with van der Waals surface area (Å²) < 4.78 is 0. The number of fused-ring (bicyclic) bond motifs is 2. The lowest BCUT2D eigenvalue weighted by molar-refractivity contribution is -0.130. The van der Waals surface area contributed by atoms with E-state index < -0.39 is 0 Å². The molecule has 19 heavy (non-hydrogen) atoms. The molecule has 1 heteroatoms. The lowest BCUT2D eigenvalue weighted by Crippen LogP contribution is -2.33. The third kappa shape index (κ3) is 1.51. The number of rotatable bonds is 1. The third-order valence-corrected chi connectivity index (χ3v) is 5.77. The van der Waals surface area contributed by atoms with Gasteiger partial charge in [-0.05, 0) is 23.3 Å². The van der Waals surface area contributed by atoms with Gasteiger partial charge in [-0.2, -0.15) is 0 Å². The van der Waals surface area contributed by atoms with Crippen LogP contribution >= 0.6 is 0 Å². The third-order valence-electron chi connectivity index (χ3n) is 5.77. The van der Waals surface area contributed by atoms with Crippen LogP contribution in [0.5, 0.6) is 0 Å². The first-order chi connectivity index (χ1) is 8.88. The highest BCUT2D eigenvalue weighted by Gasteiger charge is 2.66. The summed E-state index contributed by atoms with van der Waals surface area (Å²) in [5, 5.41) is 0. The van der Waals surface area contributed by atoms with E-state index in [9.17, 15) is 4.79 Å². The highest BCUT2D eigenvalue weighted by atomic mass is 16.1. The van der Waals surface area contributed by atoms with Crippen LogP contribution in [0, 0.1) is 22.7 Å². The molecule has 0 aromatic heterocycles. The molecule has 3 unspecified atom stereocenters. The molecular weight excluding hydrogens is 232 g/mol. The van der Waals surface area contributed by atoms with Crippen LogP contribution in [-0.2, 0) is 4.79 Å². The monoisotopic (exact) mass is 254 g/mol. The van der Waals surface area contributed by atoms with E-state index in [1.165, 1.54) is 11.1 Å². The van der Waals surface area contributed by atoms with Crippen molar-refractivity contribution in [2.75, 3.05) is 0 Å². The Morgan fingerprint density at radius 1 is 1.16 bits per heavy atom. The van der Waals surface area contributed by atoms with Crippen LogP contribution < -0.4 is 0 Å². The highest BCUT2D eigenvalue weighted by molar-refractivity contribution is 5.93. The maximum absolute atomic E-state index is 12.5. The van der Waals surface area contributed by atoms with Crippen LogP contribution in [0.15, 0.2) is 35.9 Å². The molecule has 0 radical (unpaired) electrons. The van der Waals surface area contributed by atoms with Gasteiger partial charge in [0.25, 0.3) is 0 Å². The molecule has 3 atom stereocenters.